The second-order valence-electron chi connectivity index (χ2n) is 3.29. The summed E-state index contributed by atoms with van der Waals surface area (Å²) in [6.45, 7) is 6.87. The van der Waals surface area contributed by atoms with Crippen LogP contribution >= 0.6 is 0 Å². The van der Waals surface area contributed by atoms with Crippen molar-refractivity contribution in [3.05, 3.63) is 0 Å². The third-order valence-electron chi connectivity index (χ3n) is 1.81. The van der Waals surface area contributed by atoms with Gasteiger partial charge < -0.3 is 14.6 Å². The molecule has 0 rings (SSSR count). The molecular weight excluding hydrogens is 168 g/mol. The van der Waals surface area contributed by atoms with E-state index in [-0.39, 0.29) is 0 Å². The number of hydrogen-bond acceptors (Lipinski definition) is 3. The highest BCUT2D eigenvalue weighted by molar-refractivity contribution is 4.49. The van der Waals surface area contributed by atoms with Gasteiger partial charge in [0.2, 0.25) is 0 Å². The van der Waals surface area contributed by atoms with E-state index in [1.54, 1.807) is 6.92 Å². The zero-order chi connectivity index (χ0) is 10.1. The molecule has 2 unspecified atom stereocenters. The van der Waals surface area contributed by atoms with E-state index in [1.165, 1.54) is 12.8 Å². The molecule has 3 nitrogen and oxygen atoms in total. The lowest BCUT2D eigenvalue weighted by atomic mass is 10.2. The summed E-state index contributed by atoms with van der Waals surface area (Å²) < 4.78 is 10.4. The SMILES string of the molecule is CCCCC(C)OCCOC(C)O. The summed E-state index contributed by atoms with van der Waals surface area (Å²) in [4.78, 5) is 0. The first-order chi connectivity index (χ1) is 6.16. The normalized spacial score (nSPS) is 15.7. The van der Waals surface area contributed by atoms with Gasteiger partial charge >= 0.3 is 0 Å². The molecule has 0 aliphatic rings. The van der Waals surface area contributed by atoms with Gasteiger partial charge in [-0.3, -0.25) is 0 Å². The van der Waals surface area contributed by atoms with Crippen LogP contribution < -0.4 is 0 Å². The Morgan fingerprint density at radius 3 is 2.31 bits per heavy atom. The Labute approximate surface area is 81.0 Å². The van der Waals surface area contributed by atoms with Crippen molar-refractivity contribution >= 4 is 0 Å². The molecule has 0 aromatic rings. The lowest BCUT2D eigenvalue weighted by molar-refractivity contribution is -0.105. The first-order valence-electron chi connectivity index (χ1n) is 5.08. The quantitative estimate of drug-likeness (QED) is 0.469. The number of unbranched alkanes of at least 4 members (excludes halogenated alkanes) is 1. The van der Waals surface area contributed by atoms with Crippen LogP contribution in [0.2, 0.25) is 0 Å². The minimum atomic E-state index is -0.686. The lowest BCUT2D eigenvalue weighted by Gasteiger charge is -2.13. The number of aliphatic hydroxyl groups excluding tert-OH is 1. The molecule has 0 aliphatic carbocycles. The van der Waals surface area contributed by atoms with Gasteiger partial charge in [-0.15, -0.1) is 0 Å². The van der Waals surface area contributed by atoms with Crippen LogP contribution in [-0.2, 0) is 9.47 Å². The van der Waals surface area contributed by atoms with Crippen LogP contribution in [0.5, 0.6) is 0 Å². The monoisotopic (exact) mass is 190 g/mol. The van der Waals surface area contributed by atoms with E-state index >= 15 is 0 Å². The number of aliphatic hydroxyl groups is 1. The van der Waals surface area contributed by atoms with Crippen molar-refractivity contribution in [1.29, 1.82) is 0 Å². The molecule has 0 amide bonds. The molecule has 0 bridgehead atoms. The third-order valence-corrected chi connectivity index (χ3v) is 1.81. The molecule has 2 atom stereocenters. The van der Waals surface area contributed by atoms with E-state index in [4.69, 9.17) is 14.6 Å². The van der Waals surface area contributed by atoms with Crippen LogP contribution in [0, 0.1) is 0 Å². The molecule has 0 aromatic carbocycles. The maximum absolute atomic E-state index is 8.78. The van der Waals surface area contributed by atoms with Gasteiger partial charge in [0.1, 0.15) is 0 Å². The van der Waals surface area contributed by atoms with Gasteiger partial charge in [0, 0.05) is 0 Å². The second-order valence-corrected chi connectivity index (χ2v) is 3.29. The van der Waals surface area contributed by atoms with Gasteiger partial charge in [0.25, 0.3) is 0 Å². The van der Waals surface area contributed by atoms with Gasteiger partial charge in [-0.2, -0.15) is 0 Å². The average Bonchev–Trinajstić information content (AvgIpc) is 2.08. The zero-order valence-electron chi connectivity index (χ0n) is 8.95. The molecule has 0 saturated heterocycles. The van der Waals surface area contributed by atoms with E-state index < -0.39 is 6.29 Å². The third kappa shape index (κ3) is 9.80. The minimum Gasteiger partial charge on any atom is -0.376 e. The topological polar surface area (TPSA) is 38.7 Å². The van der Waals surface area contributed by atoms with Crippen LogP contribution in [0.15, 0.2) is 0 Å². The summed E-state index contributed by atoms with van der Waals surface area (Å²) in [6, 6.07) is 0. The van der Waals surface area contributed by atoms with Crippen molar-refractivity contribution in [2.24, 2.45) is 0 Å². The Kier molecular flexibility index (Phi) is 8.40. The molecule has 13 heavy (non-hydrogen) atoms. The summed E-state index contributed by atoms with van der Waals surface area (Å²) >= 11 is 0. The summed E-state index contributed by atoms with van der Waals surface area (Å²) in [5, 5.41) is 8.78. The smallest absolute Gasteiger partial charge is 0.151 e. The van der Waals surface area contributed by atoms with E-state index in [0.29, 0.717) is 19.3 Å². The average molecular weight is 190 g/mol. The number of hydrogen-bond donors (Lipinski definition) is 1. The Morgan fingerprint density at radius 2 is 1.77 bits per heavy atom. The molecule has 80 valence electrons. The fourth-order valence-corrected chi connectivity index (χ4v) is 1.04. The highest BCUT2D eigenvalue weighted by Crippen LogP contribution is 2.03. The molecule has 0 fully saturated rings. The van der Waals surface area contributed by atoms with Crippen LogP contribution in [0.1, 0.15) is 40.0 Å². The Bertz CT molecular complexity index is 104. The molecule has 0 heterocycles. The second kappa shape index (κ2) is 8.48. The number of ether oxygens (including phenoxy) is 2. The molecule has 0 radical (unpaired) electrons. The Hall–Kier alpha value is -0.120. The Morgan fingerprint density at radius 1 is 1.15 bits per heavy atom. The van der Waals surface area contributed by atoms with E-state index in [9.17, 15) is 0 Å². The first kappa shape index (κ1) is 12.9. The Balaban J connectivity index is 3.12. The van der Waals surface area contributed by atoms with Gasteiger partial charge in [0.15, 0.2) is 6.29 Å². The molecule has 3 heteroatoms. The summed E-state index contributed by atoms with van der Waals surface area (Å²) in [7, 11) is 0. The maximum atomic E-state index is 8.78. The van der Waals surface area contributed by atoms with E-state index in [1.807, 2.05) is 0 Å². The molecule has 1 N–H and O–H groups in total. The fourth-order valence-electron chi connectivity index (χ4n) is 1.04. The highest BCUT2D eigenvalue weighted by atomic mass is 16.6. The van der Waals surface area contributed by atoms with Crippen molar-refractivity contribution in [2.75, 3.05) is 13.2 Å². The predicted octanol–water partition coefficient (Wildman–Crippen LogP) is 1.94. The largest absolute Gasteiger partial charge is 0.376 e. The molecule has 0 spiro atoms. The van der Waals surface area contributed by atoms with Crippen molar-refractivity contribution in [1.82, 2.24) is 0 Å². The van der Waals surface area contributed by atoms with Gasteiger partial charge in [-0.1, -0.05) is 19.8 Å². The van der Waals surface area contributed by atoms with Gasteiger partial charge in [0.05, 0.1) is 19.3 Å². The lowest BCUT2D eigenvalue weighted by Crippen LogP contribution is -2.16. The zero-order valence-corrected chi connectivity index (χ0v) is 8.95. The van der Waals surface area contributed by atoms with Crippen molar-refractivity contribution < 1.29 is 14.6 Å². The van der Waals surface area contributed by atoms with Crippen molar-refractivity contribution in [3.63, 3.8) is 0 Å². The van der Waals surface area contributed by atoms with Crippen LogP contribution in [0.25, 0.3) is 0 Å². The van der Waals surface area contributed by atoms with E-state index in [0.717, 1.165) is 6.42 Å². The predicted molar refractivity (Wildman–Crippen MR) is 52.6 cm³/mol. The summed E-state index contributed by atoms with van der Waals surface area (Å²) in [5.74, 6) is 0. The van der Waals surface area contributed by atoms with Crippen molar-refractivity contribution in [2.45, 2.75) is 52.4 Å². The molecular formula is C10H22O3. The molecule has 0 aromatic heterocycles. The van der Waals surface area contributed by atoms with E-state index in [2.05, 4.69) is 13.8 Å². The van der Waals surface area contributed by atoms with Gasteiger partial charge in [-0.05, 0) is 20.3 Å². The highest BCUT2D eigenvalue weighted by Gasteiger charge is 2.01. The molecule has 0 saturated carbocycles. The van der Waals surface area contributed by atoms with Gasteiger partial charge in [-0.25, -0.2) is 0 Å². The minimum absolute atomic E-state index is 0.303. The van der Waals surface area contributed by atoms with Crippen LogP contribution in [0.4, 0.5) is 0 Å². The maximum Gasteiger partial charge on any atom is 0.151 e. The standard InChI is InChI=1S/C10H22O3/c1-4-5-6-9(2)12-7-8-13-10(3)11/h9-11H,4-8H2,1-3H3. The molecule has 0 aliphatic heterocycles. The fraction of sp³-hybridized carbons (Fsp3) is 1.00. The van der Waals surface area contributed by atoms with Crippen molar-refractivity contribution in [3.8, 4) is 0 Å². The first-order valence-corrected chi connectivity index (χ1v) is 5.08. The summed E-state index contributed by atoms with van der Waals surface area (Å²) in [6.07, 6.45) is 3.13. The number of rotatable bonds is 8. The van der Waals surface area contributed by atoms with Crippen LogP contribution in [0.3, 0.4) is 0 Å². The summed E-state index contributed by atoms with van der Waals surface area (Å²) in [5.41, 5.74) is 0. The van der Waals surface area contributed by atoms with Crippen LogP contribution in [-0.4, -0.2) is 30.7 Å².